The van der Waals surface area contributed by atoms with Gasteiger partial charge in [-0.25, -0.2) is 0 Å². The lowest BCUT2D eigenvalue weighted by molar-refractivity contribution is -0.124. The monoisotopic (exact) mass is 338 g/mol. The lowest BCUT2D eigenvalue weighted by Gasteiger charge is -2.23. The van der Waals surface area contributed by atoms with E-state index in [1.54, 1.807) is 0 Å². The lowest BCUT2D eigenvalue weighted by atomic mass is 9.86. The molecule has 132 valence electrons. The Morgan fingerprint density at radius 1 is 0.880 bits per heavy atom. The van der Waals surface area contributed by atoms with Crippen LogP contribution in [0.2, 0.25) is 0 Å². The van der Waals surface area contributed by atoms with Crippen molar-refractivity contribution in [3.05, 3.63) is 65.7 Å². The second kappa shape index (κ2) is 8.47. The van der Waals surface area contributed by atoms with Gasteiger partial charge in [-0.05, 0) is 29.0 Å². The van der Waals surface area contributed by atoms with Crippen LogP contribution in [0.25, 0.3) is 0 Å². The van der Waals surface area contributed by atoms with Crippen LogP contribution < -0.4 is 10.6 Å². The second-order valence-corrected chi connectivity index (χ2v) is 7.11. The van der Waals surface area contributed by atoms with E-state index in [-0.39, 0.29) is 23.8 Å². The second-order valence-electron chi connectivity index (χ2n) is 7.11. The molecule has 2 aromatic rings. The highest BCUT2D eigenvalue weighted by Gasteiger charge is 2.18. The summed E-state index contributed by atoms with van der Waals surface area (Å²) in [5, 5.41) is 5.57. The van der Waals surface area contributed by atoms with Crippen LogP contribution >= 0.6 is 0 Å². The predicted octanol–water partition coefficient (Wildman–Crippen LogP) is 3.67. The van der Waals surface area contributed by atoms with Gasteiger partial charge in [0.2, 0.25) is 11.8 Å². The highest BCUT2D eigenvalue weighted by Crippen LogP contribution is 2.29. The van der Waals surface area contributed by atoms with Gasteiger partial charge in [-0.2, -0.15) is 0 Å². The first-order chi connectivity index (χ1) is 11.9. The van der Waals surface area contributed by atoms with Crippen LogP contribution in [0.1, 0.15) is 38.3 Å². The van der Waals surface area contributed by atoms with Crippen molar-refractivity contribution in [2.75, 3.05) is 11.9 Å². The highest BCUT2D eigenvalue weighted by molar-refractivity contribution is 5.95. The maximum Gasteiger partial charge on any atom is 0.243 e. The number of anilines is 1. The molecule has 0 saturated carbocycles. The van der Waals surface area contributed by atoms with Crippen molar-refractivity contribution in [2.45, 2.75) is 39.0 Å². The Morgan fingerprint density at radius 2 is 1.52 bits per heavy atom. The van der Waals surface area contributed by atoms with Crippen molar-refractivity contribution in [1.29, 1.82) is 0 Å². The molecule has 2 aromatic carbocycles. The SMILES string of the molecule is CC(C)(C)c1ccccc1NC(=O)CNC(=O)CCc1ccccc1. The molecule has 0 aliphatic carbocycles. The van der Waals surface area contributed by atoms with Crippen LogP contribution in [0.3, 0.4) is 0 Å². The number of hydrogen-bond acceptors (Lipinski definition) is 2. The number of amides is 2. The molecule has 4 heteroatoms. The molecule has 25 heavy (non-hydrogen) atoms. The summed E-state index contributed by atoms with van der Waals surface area (Å²) in [5.74, 6) is -0.340. The quantitative estimate of drug-likeness (QED) is 0.844. The lowest BCUT2D eigenvalue weighted by Crippen LogP contribution is -2.33. The third-order valence-corrected chi connectivity index (χ3v) is 3.94. The molecule has 4 nitrogen and oxygen atoms in total. The third-order valence-electron chi connectivity index (χ3n) is 3.94. The average molecular weight is 338 g/mol. The molecule has 0 heterocycles. The van der Waals surface area contributed by atoms with E-state index in [9.17, 15) is 9.59 Å². The van der Waals surface area contributed by atoms with Crippen molar-refractivity contribution in [3.63, 3.8) is 0 Å². The zero-order chi connectivity index (χ0) is 18.3. The highest BCUT2D eigenvalue weighted by atomic mass is 16.2. The zero-order valence-electron chi connectivity index (χ0n) is 15.1. The van der Waals surface area contributed by atoms with E-state index in [4.69, 9.17) is 0 Å². The van der Waals surface area contributed by atoms with Crippen molar-refractivity contribution in [3.8, 4) is 0 Å². The molecule has 0 radical (unpaired) electrons. The van der Waals surface area contributed by atoms with Crippen LogP contribution in [0.15, 0.2) is 54.6 Å². The first kappa shape index (κ1) is 18.7. The van der Waals surface area contributed by atoms with Gasteiger partial charge in [0, 0.05) is 12.1 Å². The van der Waals surface area contributed by atoms with Crippen LogP contribution in [0, 0.1) is 0 Å². The molecule has 0 aromatic heterocycles. The summed E-state index contributed by atoms with van der Waals surface area (Å²) < 4.78 is 0. The summed E-state index contributed by atoms with van der Waals surface area (Å²) in [6.45, 7) is 6.28. The van der Waals surface area contributed by atoms with Crippen LogP contribution in [-0.2, 0) is 21.4 Å². The number of hydrogen-bond donors (Lipinski definition) is 2. The molecule has 0 spiro atoms. The van der Waals surface area contributed by atoms with Crippen LogP contribution in [0.4, 0.5) is 5.69 Å². The summed E-state index contributed by atoms with van der Waals surface area (Å²) in [5.41, 5.74) is 2.90. The molecule has 2 N–H and O–H groups in total. The Morgan fingerprint density at radius 3 is 2.20 bits per heavy atom. The largest absolute Gasteiger partial charge is 0.347 e. The Bertz CT molecular complexity index is 718. The minimum absolute atomic E-state index is 0.0217. The first-order valence-corrected chi connectivity index (χ1v) is 8.56. The summed E-state index contributed by atoms with van der Waals surface area (Å²) in [7, 11) is 0. The fraction of sp³-hybridized carbons (Fsp3) is 0.333. The first-order valence-electron chi connectivity index (χ1n) is 8.56. The maximum atomic E-state index is 12.1. The summed E-state index contributed by atoms with van der Waals surface area (Å²) in [6.07, 6.45) is 1.04. The minimum atomic E-state index is -0.218. The van der Waals surface area contributed by atoms with Crippen molar-refractivity contribution >= 4 is 17.5 Å². The van der Waals surface area contributed by atoms with E-state index in [1.165, 1.54) is 0 Å². The van der Waals surface area contributed by atoms with Gasteiger partial charge in [0.15, 0.2) is 0 Å². The van der Waals surface area contributed by atoms with Gasteiger partial charge < -0.3 is 10.6 Å². The molecule has 2 rings (SSSR count). The standard InChI is InChI=1S/C21H26N2O2/c1-21(2,3)17-11-7-8-12-18(17)23-20(25)15-22-19(24)14-13-16-9-5-4-6-10-16/h4-12H,13-15H2,1-3H3,(H,22,24)(H,23,25). The summed E-state index contributed by atoms with van der Waals surface area (Å²) >= 11 is 0. The van der Waals surface area contributed by atoms with Crippen molar-refractivity contribution in [2.24, 2.45) is 0 Å². The molecular formula is C21H26N2O2. The Hall–Kier alpha value is -2.62. The number of aryl methyl sites for hydroxylation is 1. The molecule has 0 aliphatic rings. The van der Waals surface area contributed by atoms with Crippen molar-refractivity contribution < 1.29 is 9.59 Å². The molecule has 0 unspecified atom stereocenters. The van der Waals surface area contributed by atoms with Gasteiger partial charge in [-0.1, -0.05) is 69.3 Å². The maximum absolute atomic E-state index is 12.1. The van der Waals surface area contributed by atoms with Crippen LogP contribution in [0.5, 0.6) is 0 Å². The number of benzene rings is 2. The number of rotatable bonds is 6. The van der Waals surface area contributed by atoms with E-state index in [1.807, 2.05) is 54.6 Å². The van der Waals surface area contributed by atoms with Gasteiger partial charge in [-0.3, -0.25) is 9.59 Å². The summed E-state index contributed by atoms with van der Waals surface area (Å²) in [4.78, 5) is 24.1. The van der Waals surface area contributed by atoms with Crippen LogP contribution in [-0.4, -0.2) is 18.4 Å². The van der Waals surface area contributed by atoms with E-state index < -0.39 is 0 Å². The zero-order valence-corrected chi connectivity index (χ0v) is 15.1. The average Bonchev–Trinajstić information content (AvgIpc) is 2.58. The van der Waals surface area contributed by atoms with Gasteiger partial charge in [-0.15, -0.1) is 0 Å². The fourth-order valence-corrected chi connectivity index (χ4v) is 2.61. The van der Waals surface area contributed by atoms with E-state index in [0.29, 0.717) is 12.8 Å². The molecule has 0 bridgehead atoms. The fourth-order valence-electron chi connectivity index (χ4n) is 2.61. The van der Waals surface area contributed by atoms with Crippen molar-refractivity contribution in [1.82, 2.24) is 5.32 Å². The van der Waals surface area contributed by atoms with E-state index in [0.717, 1.165) is 16.8 Å². The van der Waals surface area contributed by atoms with Gasteiger partial charge in [0.25, 0.3) is 0 Å². The molecule has 0 aliphatic heterocycles. The Labute approximate surface area is 149 Å². The number of carbonyl (C=O) groups is 2. The van der Waals surface area contributed by atoms with Gasteiger partial charge in [0.05, 0.1) is 6.54 Å². The molecular weight excluding hydrogens is 312 g/mol. The number of nitrogens with one attached hydrogen (secondary N) is 2. The Balaban J connectivity index is 1.82. The number of carbonyl (C=O) groups excluding carboxylic acids is 2. The van der Waals surface area contributed by atoms with E-state index >= 15 is 0 Å². The molecule has 0 saturated heterocycles. The van der Waals surface area contributed by atoms with Gasteiger partial charge in [0.1, 0.15) is 0 Å². The predicted molar refractivity (Wildman–Crippen MR) is 102 cm³/mol. The number of para-hydroxylation sites is 1. The minimum Gasteiger partial charge on any atom is -0.347 e. The third kappa shape index (κ3) is 6.07. The molecule has 0 fully saturated rings. The topological polar surface area (TPSA) is 58.2 Å². The van der Waals surface area contributed by atoms with E-state index in [2.05, 4.69) is 31.4 Å². The molecule has 2 amide bonds. The Kier molecular flexibility index (Phi) is 6.34. The molecule has 0 atom stereocenters. The summed E-state index contributed by atoms with van der Waals surface area (Å²) in [6, 6.07) is 17.6. The van der Waals surface area contributed by atoms with Gasteiger partial charge >= 0.3 is 0 Å². The smallest absolute Gasteiger partial charge is 0.243 e. The normalized spacial score (nSPS) is 11.0.